The standard InChI is InChI=1S/C10H18N2O2/c13-10-2-1-8(12-10)7-14-9-3-5-11-6-4-9/h8-9,11H,1-7H2,(H,12,13)/t8-/m1/s1. The molecule has 0 aromatic heterocycles. The maximum atomic E-state index is 10.9. The van der Waals surface area contributed by atoms with Gasteiger partial charge in [-0.3, -0.25) is 4.79 Å². The third kappa shape index (κ3) is 2.69. The van der Waals surface area contributed by atoms with Gasteiger partial charge >= 0.3 is 0 Å². The minimum atomic E-state index is 0.170. The molecule has 0 saturated carbocycles. The summed E-state index contributed by atoms with van der Waals surface area (Å²) in [5.41, 5.74) is 0. The van der Waals surface area contributed by atoms with Gasteiger partial charge in [-0.15, -0.1) is 0 Å². The molecule has 0 radical (unpaired) electrons. The predicted octanol–water partition coefficient (Wildman–Crippen LogP) is 0.0336. The largest absolute Gasteiger partial charge is 0.376 e. The summed E-state index contributed by atoms with van der Waals surface area (Å²) in [5, 5.41) is 6.21. The van der Waals surface area contributed by atoms with Gasteiger partial charge in [0.05, 0.1) is 18.8 Å². The lowest BCUT2D eigenvalue weighted by Crippen LogP contribution is -2.36. The Kier molecular flexibility index (Phi) is 3.37. The highest BCUT2D eigenvalue weighted by atomic mass is 16.5. The zero-order valence-electron chi connectivity index (χ0n) is 8.42. The Bertz CT molecular complexity index is 202. The van der Waals surface area contributed by atoms with E-state index in [2.05, 4.69) is 10.6 Å². The molecule has 4 heteroatoms. The first-order valence-corrected chi connectivity index (χ1v) is 5.46. The van der Waals surface area contributed by atoms with Crippen molar-refractivity contribution in [3.8, 4) is 0 Å². The summed E-state index contributed by atoms with van der Waals surface area (Å²) in [7, 11) is 0. The molecular weight excluding hydrogens is 180 g/mol. The Balaban J connectivity index is 1.63. The van der Waals surface area contributed by atoms with Crippen molar-refractivity contribution < 1.29 is 9.53 Å². The molecule has 4 nitrogen and oxygen atoms in total. The van der Waals surface area contributed by atoms with Crippen LogP contribution in [0.3, 0.4) is 0 Å². The van der Waals surface area contributed by atoms with Gasteiger partial charge in [0.25, 0.3) is 0 Å². The number of ether oxygens (including phenoxy) is 1. The van der Waals surface area contributed by atoms with Crippen molar-refractivity contribution >= 4 is 5.91 Å². The Morgan fingerprint density at radius 2 is 2.07 bits per heavy atom. The number of carbonyl (C=O) groups excluding carboxylic acids is 1. The average molecular weight is 198 g/mol. The molecule has 2 saturated heterocycles. The van der Waals surface area contributed by atoms with Crippen molar-refractivity contribution in [1.82, 2.24) is 10.6 Å². The van der Waals surface area contributed by atoms with Gasteiger partial charge in [-0.05, 0) is 32.4 Å². The summed E-state index contributed by atoms with van der Waals surface area (Å²) in [6.07, 6.45) is 4.19. The van der Waals surface area contributed by atoms with E-state index in [1.165, 1.54) is 0 Å². The summed E-state index contributed by atoms with van der Waals surface area (Å²) in [5.74, 6) is 0.170. The lowest BCUT2D eigenvalue weighted by Gasteiger charge is -2.24. The van der Waals surface area contributed by atoms with Crippen molar-refractivity contribution in [2.45, 2.75) is 37.8 Å². The highest BCUT2D eigenvalue weighted by Crippen LogP contribution is 2.11. The van der Waals surface area contributed by atoms with Gasteiger partial charge < -0.3 is 15.4 Å². The number of hydrogen-bond donors (Lipinski definition) is 2. The number of rotatable bonds is 3. The van der Waals surface area contributed by atoms with Gasteiger partial charge in [0, 0.05) is 6.42 Å². The third-order valence-electron chi connectivity index (χ3n) is 2.90. The predicted molar refractivity (Wildman–Crippen MR) is 53.0 cm³/mol. The lowest BCUT2D eigenvalue weighted by atomic mass is 10.1. The first-order chi connectivity index (χ1) is 6.84. The Morgan fingerprint density at radius 3 is 2.71 bits per heavy atom. The van der Waals surface area contributed by atoms with Crippen molar-refractivity contribution in [1.29, 1.82) is 0 Å². The van der Waals surface area contributed by atoms with E-state index in [4.69, 9.17) is 4.74 Å². The SMILES string of the molecule is O=C1CC[C@H](COC2CCNCC2)N1. The van der Waals surface area contributed by atoms with E-state index in [1.54, 1.807) is 0 Å². The first-order valence-electron chi connectivity index (χ1n) is 5.46. The van der Waals surface area contributed by atoms with Crippen LogP contribution in [0.4, 0.5) is 0 Å². The van der Waals surface area contributed by atoms with E-state index in [-0.39, 0.29) is 11.9 Å². The fourth-order valence-corrected chi connectivity index (χ4v) is 2.02. The Labute approximate surface area is 84.4 Å². The second-order valence-electron chi connectivity index (χ2n) is 4.09. The normalized spacial score (nSPS) is 29.1. The minimum Gasteiger partial charge on any atom is -0.376 e. The van der Waals surface area contributed by atoms with Crippen LogP contribution >= 0.6 is 0 Å². The third-order valence-corrected chi connectivity index (χ3v) is 2.90. The molecule has 2 rings (SSSR count). The molecule has 0 aliphatic carbocycles. The Hall–Kier alpha value is -0.610. The second-order valence-corrected chi connectivity index (χ2v) is 4.09. The molecule has 0 aromatic carbocycles. The molecule has 2 aliphatic heterocycles. The average Bonchev–Trinajstić information content (AvgIpc) is 2.63. The van der Waals surface area contributed by atoms with Crippen LogP contribution in [0.1, 0.15) is 25.7 Å². The van der Waals surface area contributed by atoms with Crippen LogP contribution in [0.15, 0.2) is 0 Å². The molecule has 1 amide bonds. The molecule has 2 fully saturated rings. The van der Waals surface area contributed by atoms with E-state index in [0.29, 0.717) is 19.1 Å². The molecule has 0 aromatic rings. The van der Waals surface area contributed by atoms with E-state index in [1.807, 2.05) is 0 Å². The van der Waals surface area contributed by atoms with Crippen LogP contribution in [0.25, 0.3) is 0 Å². The van der Waals surface area contributed by atoms with Gasteiger partial charge in [-0.25, -0.2) is 0 Å². The fourth-order valence-electron chi connectivity index (χ4n) is 2.02. The number of carbonyl (C=O) groups is 1. The molecule has 0 spiro atoms. The number of hydrogen-bond acceptors (Lipinski definition) is 3. The van der Waals surface area contributed by atoms with Gasteiger partial charge in [0.15, 0.2) is 0 Å². The molecule has 14 heavy (non-hydrogen) atoms. The van der Waals surface area contributed by atoms with Crippen LogP contribution < -0.4 is 10.6 Å². The molecular formula is C10H18N2O2. The van der Waals surface area contributed by atoms with E-state index < -0.39 is 0 Å². The second kappa shape index (κ2) is 4.75. The molecule has 2 N–H and O–H groups in total. The summed E-state index contributed by atoms with van der Waals surface area (Å²) in [6, 6.07) is 0.261. The van der Waals surface area contributed by atoms with Crippen LogP contribution in [-0.2, 0) is 9.53 Å². The maximum Gasteiger partial charge on any atom is 0.220 e. The molecule has 1 atom stereocenters. The number of nitrogens with one attached hydrogen (secondary N) is 2. The van der Waals surface area contributed by atoms with Crippen LogP contribution in [0.5, 0.6) is 0 Å². The zero-order chi connectivity index (χ0) is 9.80. The number of amides is 1. The molecule has 0 unspecified atom stereocenters. The van der Waals surface area contributed by atoms with Gasteiger partial charge in [-0.1, -0.05) is 0 Å². The van der Waals surface area contributed by atoms with Crippen LogP contribution in [0, 0.1) is 0 Å². The van der Waals surface area contributed by atoms with Crippen molar-refractivity contribution in [2.24, 2.45) is 0 Å². The fraction of sp³-hybridized carbons (Fsp3) is 0.900. The molecule has 2 aliphatic rings. The molecule has 2 heterocycles. The molecule has 80 valence electrons. The van der Waals surface area contributed by atoms with Crippen LogP contribution in [0.2, 0.25) is 0 Å². The lowest BCUT2D eigenvalue weighted by molar-refractivity contribution is -0.119. The van der Waals surface area contributed by atoms with Gasteiger partial charge in [-0.2, -0.15) is 0 Å². The summed E-state index contributed by atoms with van der Waals surface area (Å²) in [6.45, 7) is 2.81. The van der Waals surface area contributed by atoms with Crippen molar-refractivity contribution in [3.63, 3.8) is 0 Å². The quantitative estimate of drug-likeness (QED) is 0.673. The zero-order valence-corrected chi connectivity index (χ0v) is 8.42. The van der Waals surface area contributed by atoms with Gasteiger partial charge in [0.2, 0.25) is 5.91 Å². The number of piperidine rings is 1. The topological polar surface area (TPSA) is 50.4 Å². The van der Waals surface area contributed by atoms with E-state index in [0.717, 1.165) is 32.4 Å². The molecule has 0 bridgehead atoms. The van der Waals surface area contributed by atoms with Crippen molar-refractivity contribution in [3.05, 3.63) is 0 Å². The summed E-state index contributed by atoms with van der Waals surface area (Å²) >= 11 is 0. The highest BCUT2D eigenvalue weighted by Gasteiger charge is 2.22. The Morgan fingerprint density at radius 1 is 1.29 bits per heavy atom. The summed E-state index contributed by atoms with van der Waals surface area (Å²) in [4.78, 5) is 10.9. The van der Waals surface area contributed by atoms with Gasteiger partial charge in [0.1, 0.15) is 0 Å². The maximum absolute atomic E-state index is 10.9. The highest BCUT2D eigenvalue weighted by molar-refractivity contribution is 5.78. The van der Waals surface area contributed by atoms with Crippen molar-refractivity contribution in [2.75, 3.05) is 19.7 Å². The smallest absolute Gasteiger partial charge is 0.220 e. The van der Waals surface area contributed by atoms with Crippen LogP contribution in [-0.4, -0.2) is 37.7 Å². The van der Waals surface area contributed by atoms with E-state index in [9.17, 15) is 4.79 Å². The monoisotopic (exact) mass is 198 g/mol. The summed E-state index contributed by atoms with van der Waals surface area (Å²) < 4.78 is 5.76. The van der Waals surface area contributed by atoms with E-state index >= 15 is 0 Å². The first kappa shape index (κ1) is 9.93. The minimum absolute atomic E-state index is 0.170.